The zero-order valence-corrected chi connectivity index (χ0v) is 18.3. The second-order valence-electron chi connectivity index (χ2n) is 6.65. The maximum absolute atomic E-state index is 13.9. The Kier molecular flexibility index (Phi) is 6.93. The molecule has 0 aliphatic heterocycles. The molecule has 0 fully saturated rings. The molecule has 32 heavy (non-hydrogen) atoms. The molecule has 3 rings (SSSR count). The number of hydrogen-bond acceptors (Lipinski definition) is 5. The SMILES string of the molecule is Cc1cc(NC(=O)NC(=O)c2c(F)cccc2Cl)cc(C)c1Oc1ccc(C#N)c(Cl)n1. The van der Waals surface area contributed by atoms with Crippen molar-refractivity contribution in [3.63, 3.8) is 0 Å². The van der Waals surface area contributed by atoms with E-state index in [4.69, 9.17) is 33.2 Å². The van der Waals surface area contributed by atoms with Crippen LogP contribution in [0.4, 0.5) is 14.9 Å². The highest BCUT2D eigenvalue weighted by Crippen LogP contribution is 2.31. The molecular formula is C22H15Cl2FN4O3. The minimum atomic E-state index is -0.970. The van der Waals surface area contributed by atoms with Crippen LogP contribution in [0, 0.1) is 31.0 Å². The van der Waals surface area contributed by atoms with Crippen LogP contribution in [0.5, 0.6) is 11.6 Å². The third kappa shape index (κ3) is 5.14. The van der Waals surface area contributed by atoms with Crippen LogP contribution < -0.4 is 15.4 Å². The highest BCUT2D eigenvalue weighted by molar-refractivity contribution is 6.34. The highest BCUT2D eigenvalue weighted by Gasteiger charge is 2.19. The van der Waals surface area contributed by atoms with E-state index in [1.807, 2.05) is 11.4 Å². The van der Waals surface area contributed by atoms with E-state index in [-0.39, 0.29) is 21.6 Å². The zero-order valence-electron chi connectivity index (χ0n) is 16.8. The Bertz CT molecular complexity index is 1230. The maximum Gasteiger partial charge on any atom is 0.326 e. The Morgan fingerprint density at radius 1 is 1.12 bits per heavy atom. The lowest BCUT2D eigenvalue weighted by Crippen LogP contribution is -2.35. The summed E-state index contributed by atoms with van der Waals surface area (Å²) >= 11 is 11.8. The molecule has 3 amide bonds. The van der Waals surface area contributed by atoms with Gasteiger partial charge in [0.15, 0.2) is 5.15 Å². The fraction of sp³-hybridized carbons (Fsp3) is 0.0909. The first-order chi connectivity index (χ1) is 15.2. The monoisotopic (exact) mass is 472 g/mol. The summed E-state index contributed by atoms with van der Waals surface area (Å²) in [7, 11) is 0. The maximum atomic E-state index is 13.9. The summed E-state index contributed by atoms with van der Waals surface area (Å²) in [4.78, 5) is 28.5. The van der Waals surface area contributed by atoms with Crippen LogP contribution in [0.15, 0.2) is 42.5 Å². The second-order valence-corrected chi connectivity index (χ2v) is 7.41. The number of hydrogen-bond donors (Lipinski definition) is 2. The fourth-order valence-corrected chi connectivity index (χ4v) is 3.33. The molecule has 0 saturated carbocycles. The number of nitrogens with one attached hydrogen (secondary N) is 2. The van der Waals surface area contributed by atoms with E-state index in [0.29, 0.717) is 22.6 Å². The highest BCUT2D eigenvalue weighted by atomic mass is 35.5. The van der Waals surface area contributed by atoms with Gasteiger partial charge < -0.3 is 10.1 Å². The van der Waals surface area contributed by atoms with E-state index >= 15 is 0 Å². The summed E-state index contributed by atoms with van der Waals surface area (Å²) < 4.78 is 19.6. The standard InChI is InChI=1S/C22H15Cl2FN4O3/c1-11-8-14(27-22(31)29-21(30)18-15(23)4-3-5-16(18)25)9-12(2)19(11)32-17-7-6-13(10-26)20(24)28-17/h3-9H,1-2H3,(H2,27,29,30,31). The van der Waals surface area contributed by atoms with Crippen LogP contribution in [-0.4, -0.2) is 16.9 Å². The minimum Gasteiger partial charge on any atom is -0.438 e. The van der Waals surface area contributed by atoms with Gasteiger partial charge in [0.05, 0.1) is 16.1 Å². The molecule has 2 aromatic carbocycles. The van der Waals surface area contributed by atoms with Gasteiger partial charge >= 0.3 is 6.03 Å². The van der Waals surface area contributed by atoms with Gasteiger partial charge in [0.1, 0.15) is 17.6 Å². The van der Waals surface area contributed by atoms with Crippen molar-refractivity contribution in [1.82, 2.24) is 10.3 Å². The lowest BCUT2D eigenvalue weighted by molar-refractivity contribution is 0.0963. The molecule has 7 nitrogen and oxygen atoms in total. The minimum absolute atomic E-state index is 0.0230. The number of halogens is 3. The Hall–Kier alpha value is -3.67. The third-order valence-corrected chi connectivity index (χ3v) is 4.89. The van der Waals surface area contributed by atoms with E-state index in [0.717, 1.165) is 6.07 Å². The van der Waals surface area contributed by atoms with Crippen LogP contribution >= 0.6 is 23.2 Å². The van der Waals surface area contributed by atoms with E-state index in [9.17, 15) is 14.0 Å². The van der Waals surface area contributed by atoms with Crippen molar-refractivity contribution >= 4 is 40.8 Å². The van der Waals surface area contributed by atoms with Gasteiger partial charge in [0.25, 0.3) is 5.91 Å². The largest absolute Gasteiger partial charge is 0.438 e. The topological polar surface area (TPSA) is 104 Å². The van der Waals surface area contributed by atoms with Crippen LogP contribution in [0.3, 0.4) is 0 Å². The Morgan fingerprint density at radius 2 is 1.81 bits per heavy atom. The number of rotatable bonds is 4. The lowest BCUT2D eigenvalue weighted by Gasteiger charge is -2.14. The van der Waals surface area contributed by atoms with Gasteiger partial charge in [0, 0.05) is 11.8 Å². The van der Waals surface area contributed by atoms with Crippen molar-refractivity contribution in [1.29, 1.82) is 5.26 Å². The molecule has 0 spiro atoms. The molecule has 2 N–H and O–H groups in total. The van der Waals surface area contributed by atoms with Crippen LogP contribution in [-0.2, 0) is 0 Å². The molecular weight excluding hydrogens is 458 g/mol. The zero-order chi connectivity index (χ0) is 23.4. The van der Waals surface area contributed by atoms with Crippen molar-refractivity contribution in [3.05, 3.63) is 80.7 Å². The van der Waals surface area contributed by atoms with Gasteiger partial charge in [-0.3, -0.25) is 10.1 Å². The lowest BCUT2D eigenvalue weighted by atomic mass is 10.1. The third-order valence-electron chi connectivity index (χ3n) is 4.29. The van der Waals surface area contributed by atoms with Gasteiger partial charge in [-0.2, -0.15) is 10.2 Å². The number of pyridine rings is 1. The van der Waals surface area contributed by atoms with E-state index in [2.05, 4.69) is 10.3 Å². The molecule has 0 atom stereocenters. The van der Waals surface area contributed by atoms with Gasteiger partial charge in [-0.15, -0.1) is 0 Å². The van der Waals surface area contributed by atoms with Crippen molar-refractivity contribution in [3.8, 4) is 17.7 Å². The molecule has 10 heteroatoms. The summed E-state index contributed by atoms with van der Waals surface area (Å²) in [6.07, 6.45) is 0. The smallest absolute Gasteiger partial charge is 0.326 e. The first-order valence-electron chi connectivity index (χ1n) is 9.11. The Balaban J connectivity index is 1.73. The van der Waals surface area contributed by atoms with Crippen LogP contribution in [0.25, 0.3) is 0 Å². The molecule has 0 aliphatic carbocycles. The van der Waals surface area contributed by atoms with Crippen molar-refractivity contribution < 1.29 is 18.7 Å². The molecule has 3 aromatic rings. The van der Waals surface area contributed by atoms with Crippen LogP contribution in [0.1, 0.15) is 27.0 Å². The molecule has 1 aromatic heterocycles. The quantitative estimate of drug-likeness (QED) is 0.468. The first-order valence-corrected chi connectivity index (χ1v) is 9.87. The number of nitrogens with zero attached hydrogens (tertiary/aromatic N) is 2. The average molecular weight is 473 g/mol. The number of imide groups is 1. The van der Waals surface area contributed by atoms with Gasteiger partial charge in [0.2, 0.25) is 5.88 Å². The molecule has 0 unspecified atom stereocenters. The van der Waals surface area contributed by atoms with Gasteiger partial charge in [-0.25, -0.2) is 9.18 Å². The summed E-state index contributed by atoms with van der Waals surface area (Å²) in [6.45, 7) is 3.50. The number of ether oxygens (including phenoxy) is 1. The first kappa shape index (κ1) is 23.0. The normalized spacial score (nSPS) is 10.2. The Labute approximate surface area is 192 Å². The van der Waals surface area contributed by atoms with E-state index in [1.165, 1.54) is 24.3 Å². The fourth-order valence-electron chi connectivity index (χ4n) is 2.89. The number of amides is 3. The molecule has 0 saturated heterocycles. The summed E-state index contributed by atoms with van der Waals surface area (Å²) in [6, 6.07) is 11.1. The van der Waals surface area contributed by atoms with Gasteiger partial charge in [-0.1, -0.05) is 29.3 Å². The number of carbonyl (C=O) groups excluding carboxylic acids is 2. The van der Waals surface area contributed by atoms with Crippen LogP contribution in [0.2, 0.25) is 10.2 Å². The van der Waals surface area contributed by atoms with Crippen molar-refractivity contribution in [2.75, 3.05) is 5.32 Å². The number of aromatic nitrogens is 1. The molecule has 0 aliphatic rings. The molecule has 1 heterocycles. The number of carbonyl (C=O) groups is 2. The second kappa shape index (κ2) is 9.64. The molecule has 162 valence electrons. The number of aryl methyl sites for hydroxylation is 2. The number of nitriles is 1. The molecule has 0 bridgehead atoms. The van der Waals surface area contributed by atoms with E-state index < -0.39 is 23.3 Å². The average Bonchev–Trinajstić information content (AvgIpc) is 2.70. The number of anilines is 1. The predicted octanol–water partition coefficient (Wildman–Crippen LogP) is 5.77. The summed E-state index contributed by atoms with van der Waals surface area (Å²) in [5.74, 6) is -1.13. The Morgan fingerprint density at radius 3 is 2.41 bits per heavy atom. The number of benzene rings is 2. The predicted molar refractivity (Wildman–Crippen MR) is 118 cm³/mol. The van der Waals surface area contributed by atoms with Crippen molar-refractivity contribution in [2.24, 2.45) is 0 Å². The van der Waals surface area contributed by atoms with Crippen molar-refractivity contribution in [2.45, 2.75) is 13.8 Å². The summed E-state index contributed by atoms with van der Waals surface area (Å²) in [5.41, 5.74) is 1.50. The van der Waals surface area contributed by atoms with Gasteiger partial charge in [-0.05, 0) is 55.3 Å². The van der Waals surface area contributed by atoms with E-state index in [1.54, 1.807) is 26.0 Å². The molecule has 0 radical (unpaired) electrons. The summed E-state index contributed by atoms with van der Waals surface area (Å²) in [5, 5.41) is 13.4. The number of urea groups is 1.